The standard InChI is InChI=1S/C29H31N3O5S/c1-21(33)38-28-27(36-19-24-15-9-4-10-16-24)26(35-18-23-13-7-3-8-14-23)25(37-29(28)31-32-30)20-34-17-22-11-5-2-6-12-22/h2-16,25-29H,17-20H2,1H3/t25?,26-,27?,28?,29-/m1/s1. The van der Waals surface area contributed by atoms with Gasteiger partial charge >= 0.3 is 0 Å². The summed E-state index contributed by atoms with van der Waals surface area (Å²) in [6.07, 6.45) is -2.72. The van der Waals surface area contributed by atoms with Crippen molar-refractivity contribution in [3.63, 3.8) is 0 Å². The molecule has 1 heterocycles. The van der Waals surface area contributed by atoms with Crippen LogP contribution in [0.4, 0.5) is 0 Å². The third-order valence-electron chi connectivity index (χ3n) is 6.04. The van der Waals surface area contributed by atoms with Gasteiger partial charge in [-0.05, 0) is 22.2 Å². The Morgan fingerprint density at radius 2 is 1.34 bits per heavy atom. The highest BCUT2D eigenvalue weighted by Gasteiger charge is 2.48. The Morgan fingerprint density at radius 3 is 1.84 bits per heavy atom. The highest BCUT2D eigenvalue weighted by atomic mass is 32.2. The summed E-state index contributed by atoms with van der Waals surface area (Å²) in [4.78, 5) is 15.2. The predicted molar refractivity (Wildman–Crippen MR) is 146 cm³/mol. The van der Waals surface area contributed by atoms with Crippen LogP contribution in [0.5, 0.6) is 0 Å². The second-order valence-corrected chi connectivity index (χ2v) is 10.2. The number of carbonyl (C=O) groups excluding carboxylic acids is 1. The fourth-order valence-corrected chi connectivity index (χ4v) is 5.27. The van der Waals surface area contributed by atoms with E-state index in [0.717, 1.165) is 28.5 Å². The molecule has 0 spiro atoms. The number of hydrogen-bond acceptors (Lipinski definition) is 7. The molecule has 198 valence electrons. The van der Waals surface area contributed by atoms with Crippen molar-refractivity contribution in [1.82, 2.24) is 0 Å². The van der Waals surface area contributed by atoms with Crippen molar-refractivity contribution in [3.05, 3.63) is 118 Å². The Balaban J connectivity index is 1.59. The topological polar surface area (TPSA) is 103 Å². The molecule has 0 bridgehead atoms. The predicted octanol–water partition coefficient (Wildman–Crippen LogP) is 6.06. The minimum Gasteiger partial charge on any atom is -0.374 e. The summed E-state index contributed by atoms with van der Waals surface area (Å²) in [5.41, 5.74) is 12.3. The van der Waals surface area contributed by atoms with Gasteiger partial charge in [0.1, 0.15) is 18.3 Å². The second-order valence-electron chi connectivity index (χ2n) is 8.87. The van der Waals surface area contributed by atoms with Crippen LogP contribution >= 0.6 is 11.8 Å². The van der Waals surface area contributed by atoms with Crippen molar-refractivity contribution in [2.75, 3.05) is 6.61 Å². The average Bonchev–Trinajstić information content (AvgIpc) is 2.94. The third-order valence-corrected chi connectivity index (χ3v) is 7.15. The molecule has 0 aliphatic carbocycles. The lowest BCUT2D eigenvalue weighted by atomic mass is 9.99. The van der Waals surface area contributed by atoms with Gasteiger partial charge in [-0.3, -0.25) is 4.79 Å². The van der Waals surface area contributed by atoms with Crippen molar-refractivity contribution >= 4 is 16.9 Å². The molecular formula is C29H31N3O5S. The first-order valence-electron chi connectivity index (χ1n) is 12.4. The van der Waals surface area contributed by atoms with Crippen LogP contribution in [0, 0.1) is 0 Å². The van der Waals surface area contributed by atoms with Gasteiger partial charge in [-0.2, -0.15) is 0 Å². The largest absolute Gasteiger partial charge is 0.374 e. The SMILES string of the molecule is CC(=O)SC1C(OCc2ccccc2)[C@H](OCc2ccccc2)C(COCc2ccccc2)O[C@H]1N=[N+]=[N-]. The van der Waals surface area contributed by atoms with Gasteiger partial charge in [0, 0.05) is 11.8 Å². The zero-order valence-corrected chi connectivity index (χ0v) is 22.0. The summed E-state index contributed by atoms with van der Waals surface area (Å²) in [6, 6.07) is 29.4. The summed E-state index contributed by atoms with van der Waals surface area (Å²) in [5, 5.41) is 3.15. The number of carbonyl (C=O) groups is 1. The molecule has 0 saturated carbocycles. The van der Waals surface area contributed by atoms with E-state index in [1.807, 2.05) is 91.0 Å². The van der Waals surface area contributed by atoms with E-state index in [4.69, 9.17) is 18.9 Å². The normalized spacial score (nSPS) is 22.9. The maximum atomic E-state index is 12.2. The first-order valence-corrected chi connectivity index (χ1v) is 13.3. The van der Waals surface area contributed by atoms with E-state index >= 15 is 0 Å². The van der Waals surface area contributed by atoms with Crippen LogP contribution in [-0.2, 0) is 43.6 Å². The van der Waals surface area contributed by atoms with Crippen LogP contribution in [0.3, 0.4) is 0 Å². The van der Waals surface area contributed by atoms with Crippen LogP contribution in [0.25, 0.3) is 10.4 Å². The molecule has 1 aliphatic heterocycles. The first-order chi connectivity index (χ1) is 18.6. The number of thioether (sulfide) groups is 1. The molecule has 0 N–H and O–H groups in total. The van der Waals surface area contributed by atoms with Crippen molar-refractivity contribution in [1.29, 1.82) is 0 Å². The van der Waals surface area contributed by atoms with Crippen molar-refractivity contribution < 1.29 is 23.7 Å². The van der Waals surface area contributed by atoms with E-state index in [2.05, 4.69) is 10.0 Å². The molecule has 1 aliphatic rings. The zero-order chi connectivity index (χ0) is 26.6. The van der Waals surface area contributed by atoms with E-state index in [-0.39, 0.29) is 11.7 Å². The first kappa shape index (κ1) is 27.9. The van der Waals surface area contributed by atoms with E-state index < -0.39 is 29.8 Å². The molecule has 3 unspecified atom stereocenters. The van der Waals surface area contributed by atoms with E-state index in [0.29, 0.717) is 19.8 Å². The number of nitrogens with zero attached hydrogens (tertiary/aromatic N) is 3. The summed E-state index contributed by atoms with van der Waals surface area (Å²) >= 11 is 1.04. The van der Waals surface area contributed by atoms with Gasteiger partial charge in [0.05, 0.1) is 31.7 Å². The Labute approximate surface area is 226 Å². The number of ether oxygens (including phenoxy) is 4. The van der Waals surface area contributed by atoms with Crippen LogP contribution < -0.4 is 0 Å². The molecule has 0 aromatic heterocycles. The molecule has 8 nitrogen and oxygen atoms in total. The third kappa shape index (κ3) is 8.16. The van der Waals surface area contributed by atoms with E-state index in [1.54, 1.807) is 0 Å². The zero-order valence-electron chi connectivity index (χ0n) is 21.2. The molecule has 5 atom stereocenters. The maximum Gasteiger partial charge on any atom is 0.186 e. The smallest absolute Gasteiger partial charge is 0.186 e. The Kier molecular flexibility index (Phi) is 10.8. The molecule has 3 aromatic rings. The lowest BCUT2D eigenvalue weighted by molar-refractivity contribution is -0.215. The quantitative estimate of drug-likeness (QED) is 0.159. The molecular weight excluding hydrogens is 502 g/mol. The van der Waals surface area contributed by atoms with Crippen LogP contribution in [0.2, 0.25) is 0 Å². The number of hydrogen-bond donors (Lipinski definition) is 0. The van der Waals surface area contributed by atoms with Gasteiger partial charge in [-0.15, -0.1) is 0 Å². The minimum atomic E-state index is -0.934. The Bertz CT molecular complexity index is 1180. The van der Waals surface area contributed by atoms with Crippen molar-refractivity contribution in [2.24, 2.45) is 5.11 Å². The minimum absolute atomic E-state index is 0.134. The fraction of sp³-hybridized carbons (Fsp3) is 0.345. The van der Waals surface area contributed by atoms with Gasteiger partial charge in [0.25, 0.3) is 0 Å². The van der Waals surface area contributed by atoms with E-state index in [1.165, 1.54) is 6.92 Å². The molecule has 0 amide bonds. The van der Waals surface area contributed by atoms with Crippen molar-refractivity contribution in [2.45, 2.75) is 56.5 Å². The Hall–Kier alpha value is -3.17. The van der Waals surface area contributed by atoms with Gasteiger partial charge in [0.2, 0.25) is 0 Å². The Morgan fingerprint density at radius 1 is 0.842 bits per heavy atom. The van der Waals surface area contributed by atoms with Crippen molar-refractivity contribution in [3.8, 4) is 0 Å². The monoisotopic (exact) mass is 533 g/mol. The molecule has 38 heavy (non-hydrogen) atoms. The van der Waals surface area contributed by atoms with Gasteiger partial charge in [-0.1, -0.05) is 108 Å². The summed E-state index contributed by atoms with van der Waals surface area (Å²) in [7, 11) is 0. The lowest BCUT2D eigenvalue weighted by Gasteiger charge is -2.44. The van der Waals surface area contributed by atoms with Gasteiger partial charge in [-0.25, -0.2) is 0 Å². The van der Waals surface area contributed by atoms with Gasteiger partial charge < -0.3 is 18.9 Å². The lowest BCUT2D eigenvalue weighted by Crippen LogP contribution is -2.59. The van der Waals surface area contributed by atoms with Crippen LogP contribution in [0.15, 0.2) is 96.1 Å². The fourth-order valence-electron chi connectivity index (χ4n) is 4.28. The average molecular weight is 534 g/mol. The molecule has 1 fully saturated rings. The summed E-state index contributed by atoms with van der Waals surface area (Å²) < 4.78 is 25.1. The summed E-state index contributed by atoms with van der Waals surface area (Å²) in [6.45, 7) is 2.67. The molecule has 4 rings (SSSR count). The highest BCUT2D eigenvalue weighted by molar-refractivity contribution is 8.14. The molecule has 3 aromatic carbocycles. The molecule has 0 radical (unpaired) electrons. The van der Waals surface area contributed by atoms with Crippen LogP contribution in [-0.4, -0.2) is 41.5 Å². The number of azide groups is 1. The summed E-state index contributed by atoms with van der Waals surface area (Å²) in [5.74, 6) is 0. The highest BCUT2D eigenvalue weighted by Crippen LogP contribution is 2.36. The van der Waals surface area contributed by atoms with Gasteiger partial charge in [0.15, 0.2) is 11.3 Å². The van der Waals surface area contributed by atoms with E-state index in [9.17, 15) is 10.3 Å². The second kappa shape index (κ2) is 14.7. The molecule has 9 heteroatoms. The molecule has 1 saturated heterocycles. The maximum absolute atomic E-state index is 12.2. The van der Waals surface area contributed by atoms with Crippen LogP contribution in [0.1, 0.15) is 23.6 Å². The number of rotatable bonds is 12. The number of benzene rings is 3.